The molecule has 2 rings (SSSR count). The Morgan fingerprint density at radius 2 is 1.73 bits per heavy atom. The second-order valence-corrected chi connectivity index (χ2v) is 7.27. The highest BCUT2D eigenvalue weighted by Crippen LogP contribution is 2.24. The van der Waals surface area contributed by atoms with Crippen molar-refractivity contribution in [1.29, 1.82) is 0 Å². The van der Waals surface area contributed by atoms with Crippen LogP contribution in [0.4, 0.5) is 4.79 Å². The van der Waals surface area contributed by atoms with Crippen molar-refractivity contribution in [3.63, 3.8) is 0 Å². The van der Waals surface area contributed by atoms with Gasteiger partial charge in [-0.05, 0) is 17.7 Å². The molecule has 0 aliphatic carbocycles. The van der Waals surface area contributed by atoms with E-state index in [1.54, 1.807) is 38.4 Å². The minimum absolute atomic E-state index is 0.0413. The van der Waals surface area contributed by atoms with Gasteiger partial charge < -0.3 is 39.3 Å². The summed E-state index contributed by atoms with van der Waals surface area (Å²) in [6.07, 6.45) is -4.26. The summed E-state index contributed by atoms with van der Waals surface area (Å²) in [5.74, 6) is 0.347. The van der Waals surface area contributed by atoms with E-state index in [1.807, 2.05) is 0 Å². The number of ether oxygens (including phenoxy) is 3. The van der Waals surface area contributed by atoms with E-state index in [2.05, 4.69) is 0 Å². The van der Waals surface area contributed by atoms with Gasteiger partial charge >= 0.3 is 6.09 Å². The Bertz CT molecular complexity index is 699. The molecule has 3 N–H and O–H groups in total. The molecule has 0 bridgehead atoms. The summed E-state index contributed by atoms with van der Waals surface area (Å²) < 4.78 is 16.2. The fourth-order valence-electron chi connectivity index (χ4n) is 2.74. The van der Waals surface area contributed by atoms with Crippen molar-refractivity contribution in [3.05, 3.63) is 29.8 Å². The molecule has 4 atom stereocenters. The lowest BCUT2D eigenvalue weighted by Crippen LogP contribution is -2.50. The number of rotatable bonds is 8. The largest absolute Gasteiger partial charge is 0.462 e. The van der Waals surface area contributed by atoms with Crippen molar-refractivity contribution in [2.24, 2.45) is 0 Å². The van der Waals surface area contributed by atoms with Gasteiger partial charge in [0.25, 0.3) is 0 Å². The lowest BCUT2D eigenvalue weighted by molar-refractivity contribution is -0.240. The maximum Gasteiger partial charge on any atom is 0.409 e. The summed E-state index contributed by atoms with van der Waals surface area (Å²) >= 11 is 0. The van der Waals surface area contributed by atoms with Gasteiger partial charge in [0.15, 0.2) is 0 Å². The molecule has 1 aliphatic rings. The molecule has 0 saturated carbocycles. The summed E-state index contributed by atoms with van der Waals surface area (Å²) in [6.45, 7) is 1.91. The Labute approximate surface area is 175 Å². The van der Waals surface area contributed by atoms with Gasteiger partial charge in [0.05, 0.1) is 12.7 Å². The zero-order valence-electron chi connectivity index (χ0n) is 17.4. The van der Waals surface area contributed by atoms with Gasteiger partial charge in [0, 0.05) is 40.5 Å². The first-order valence-corrected chi connectivity index (χ1v) is 9.69. The number of hydrogen-bond donors (Lipinski definition) is 3. The van der Waals surface area contributed by atoms with E-state index in [1.165, 1.54) is 16.7 Å². The Balaban J connectivity index is 1.80. The molecule has 2 amide bonds. The van der Waals surface area contributed by atoms with Crippen LogP contribution < -0.4 is 4.74 Å². The molecule has 0 aromatic heterocycles. The molecule has 1 aromatic carbocycles. The van der Waals surface area contributed by atoms with Crippen molar-refractivity contribution in [2.75, 3.05) is 33.8 Å². The molecule has 1 aliphatic heterocycles. The molecule has 30 heavy (non-hydrogen) atoms. The second kappa shape index (κ2) is 11.1. The third kappa shape index (κ3) is 6.84. The van der Waals surface area contributed by atoms with Gasteiger partial charge in [-0.3, -0.25) is 4.79 Å². The smallest absolute Gasteiger partial charge is 0.409 e. The molecule has 10 heteroatoms. The fourth-order valence-corrected chi connectivity index (χ4v) is 2.74. The molecule has 168 valence electrons. The number of amides is 2. The number of likely N-dealkylation sites (N-methyl/N-ethyl adjacent to an activating group) is 2. The Morgan fingerprint density at radius 1 is 1.10 bits per heavy atom. The molecule has 0 unspecified atom stereocenters. The highest BCUT2D eigenvalue weighted by molar-refractivity contribution is 5.73. The van der Waals surface area contributed by atoms with Crippen LogP contribution in [0.5, 0.6) is 5.75 Å². The zero-order valence-corrected chi connectivity index (χ0v) is 17.4. The van der Waals surface area contributed by atoms with Gasteiger partial charge in [0.2, 0.25) is 12.2 Å². The van der Waals surface area contributed by atoms with E-state index < -0.39 is 30.7 Å². The van der Waals surface area contributed by atoms with Crippen LogP contribution in [0.3, 0.4) is 0 Å². The number of benzene rings is 1. The predicted molar refractivity (Wildman–Crippen MR) is 106 cm³/mol. The molecule has 1 fully saturated rings. The fraction of sp³-hybridized carbons (Fsp3) is 0.600. The number of aliphatic hydroxyl groups is 3. The highest BCUT2D eigenvalue weighted by Gasteiger charge is 2.37. The summed E-state index contributed by atoms with van der Waals surface area (Å²) in [7, 11) is 3.26. The molecular formula is C20H30N2O8. The van der Waals surface area contributed by atoms with Gasteiger partial charge in [-0.2, -0.15) is 0 Å². The van der Waals surface area contributed by atoms with Crippen LogP contribution in [0.25, 0.3) is 0 Å². The number of nitrogens with zero attached hydrogens (tertiary/aromatic N) is 2. The molecule has 10 nitrogen and oxygen atoms in total. The Hall–Kier alpha value is -2.40. The van der Waals surface area contributed by atoms with Crippen LogP contribution in [0, 0.1) is 0 Å². The number of carbonyl (C=O) groups excluding carboxylic acids is 2. The first kappa shape index (κ1) is 23.9. The van der Waals surface area contributed by atoms with Gasteiger partial charge in [-0.1, -0.05) is 12.1 Å². The quantitative estimate of drug-likeness (QED) is 0.527. The molecule has 1 saturated heterocycles. The first-order chi connectivity index (χ1) is 14.2. The number of hydrogen-bond acceptors (Lipinski definition) is 8. The third-order valence-corrected chi connectivity index (χ3v) is 4.87. The minimum atomic E-state index is -1.03. The van der Waals surface area contributed by atoms with Crippen molar-refractivity contribution >= 4 is 12.0 Å². The normalized spacial score (nSPS) is 23.5. The maximum absolute atomic E-state index is 12.0. The van der Waals surface area contributed by atoms with E-state index in [0.717, 1.165) is 5.56 Å². The summed E-state index contributed by atoms with van der Waals surface area (Å²) in [6, 6.07) is 6.70. The lowest BCUT2D eigenvalue weighted by Gasteiger charge is -2.36. The van der Waals surface area contributed by atoms with E-state index >= 15 is 0 Å². The lowest BCUT2D eigenvalue weighted by atomic mass is 10.0. The highest BCUT2D eigenvalue weighted by atomic mass is 16.7. The maximum atomic E-state index is 12.0. The molecule has 1 heterocycles. The van der Waals surface area contributed by atoms with Gasteiger partial charge in [-0.15, -0.1) is 0 Å². The van der Waals surface area contributed by atoms with E-state index in [-0.39, 0.29) is 25.5 Å². The third-order valence-electron chi connectivity index (χ3n) is 4.87. The molecule has 0 radical (unpaired) electrons. The van der Waals surface area contributed by atoms with Gasteiger partial charge in [0.1, 0.15) is 24.6 Å². The molecule has 1 aromatic rings. The summed E-state index contributed by atoms with van der Waals surface area (Å²) in [5.41, 5.74) is 0.735. The topological polar surface area (TPSA) is 129 Å². The van der Waals surface area contributed by atoms with Crippen molar-refractivity contribution < 1.29 is 39.1 Å². The van der Waals surface area contributed by atoms with E-state index in [0.29, 0.717) is 18.8 Å². The predicted octanol–water partition coefficient (Wildman–Crippen LogP) is -0.0588. The molecule has 0 spiro atoms. The van der Waals surface area contributed by atoms with Crippen molar-refractivity contribution in [1.82, 2.24) is 9.80 Å². The van der Waals surface area contributed by atoms with Crippen LogP contribution in [0.15, 0.2) is 24.3 Å². The van der Waals surface area contributed by atoms with Crippen LogP contribution in [0.2, 0.25) is 0 Å². The monoisotopic (exact) mass is 426 g/mol. The minimum Gasteiger partial charge on any atom is -0.462 e. The van der Waals surface area contributed by atoms with Crippen molar-refractivity contribution in [3.8, 4) is 5.75 Å². The summed E-state index contributed by atoms with van der Waals surface area (Å²) in [4.78, 5) is 26.1. The number of aliphatic hydroxyl groups excluding tert-OH is 3. The SMILES string of the molecule is CC(=O)N(C)CCN(C)C(=O)OCc1ccc(O[C@@H]2O[C@H](CO)[C@H](O)C[C@H]2O)cc1. The first-order valence-electron chi connectivity index (χ1n) is 9.69. The molecular weight excluding hydrogens is 396 g/mol. The van der Waals surface area contributed by atoms with E-state index in [9.17, 15) is 24.9 Å². The van der Waals surface area contributed by atoms with Crippen molar-refractivity contribution in [2.45, 2.75) is 44.6 Å². The zero-order chi connectivity index (χ0) is 22.3. The Morgan fingerprint density at radius 3 is 2.33 bits per heavy atom. The van der Waals surface area contributed by atoms with Crippen LogP contribution in [0.1, 0.15) is 18.9 Å². The summed E-state index contributed by atoms with van der Waals surface area (Å²) in [5, 5.41) is 28.9. The van der Waals surface area contributed by atoms with Crippen LogP contribution >= 0.6 is 0 Å². The van der Waals surface area contributed by atoms with Crippen LogP contribution in [-0.4, -0.2) is 95.5 Å². The average molecular weight is 426 g/mol. The van der Waals surface area contributed by atoms with Crippen LogP contribution in [-0.2, 0) is 20.9 Å². The van der Waals surface area contributed by atoms with E-state index in [4.69, 9.17) is 14.2 Å². The van der Waals surface area contributed by atoms with Gasteiger partial charge in [-0.25, -0.2) is 4.79 Å². The second-order valence-electron chi connectivity index (χ2n) is 7.27. The standard InChI is InChI=1S/C20H30N2O8/c1-13(24)21(2)8-9-22(3)20(27)28-12-14-4-6-15(7-5-14)29-19-17(26)10-16(25)18(11-23)30-19/h4-7,16-19,23,25-26H,8-12H2,1-3H3/t16-,17-,18-,19-/m1/s1. The number of carbonyl (C=O) groups is 2. The Kier molecular flexibility index (Phi) is 8.85. The average Bonchev–Trinajstić information content (AvgIpc) is 2.72.